The molecule has 152 valence electrons. The number of rotatable bonds is 5. The van der Waals surface area contributed by atoms with E-state index in [1.807, 2.05) is 0 Å². The Kier molecular flexibility index (Phi) is 7.29. The highest BCUT2D eigenvalue weighted by molar-refractivity contribution is 7.80. The molecule has 0 radical (unpaired) electrons. The Morgan fingerprint density at radius 3 is 2.07 bits per heavy atom. The van der Waals surface area contributed by atoms with Crippen LogP contribution in [0.5, 0.6) is 0 Å². The average molecular weight is 415 g/mol. The van der Waals surface area contributed by atoms with E-state index in [2.05, 4.69) is 15.5 Å². The Morgan fingerprint density at radius 1 is 1.00 bits per heavy atom. The van der Waals surface area contributed by atoms with Gasteiger partial charge in [0.2, 0.25) is 0 Å². The van der Waals surface area contributed by atoms with Crippen molar-refractivity contribution < 1.29 is 31.1 Å². The van der Waals surface area contributed by atoms with Gasteiger partial charge in [-0.15, -0.1) is 0 Å². The van der Waals surface area contributed by atoms with Gasteiger partial charge in [-0.3, -0.25) is 4.90 Å². The monoisotopic (exact) mass is 415 g/mol. The van der Waals surface area contributed by atoms with Crippen molar-refractivity contribution in [2.75, 3.05) is 44.7 Å². The Morgan fingerprint density at radius 2 is 1.56 bits per heavy atom. The van der Waals surface area contributed by atoms with Crippen LogP contribution in [0.2, 0.25) is 0 Å². The highest BCUT2D eigenvalue weighted by Crippen LogP contribution is 2.37. The van der Waals surface area contributed by atoms with Crippen LogP contribution in [-0.2, 0) is 17.1 Å². The number of hydrogen-bond acceptors (Lipinski definition) is 3. The van der Waals surface area contributed by atoms with Crippen LogP contribution in [0.15, 0.2) is 18.2 Å². The first-order valence-corrected chi connectivity index (χ1v) is 8.61. The van der Waals surface area contributed by atoms with Crippen molar-refractivity contribution >= 4 is 23.0 Å². The standard InChI is InChI=1S/C16H19F6N3OS/c17-15(18,19)11-8-12(16(20,21)22)10-13(9-11)24-14(27)23-2-1-3-25-4-6-26-7-5-25/h8-10H,1-7H2,(H2,23,24,27). The van der Waals surface area contributed by atoms with Gasteiger partial charge in [-0.1, -0.05) is 0 Å². The minimum absolute atomic E-state index is 0.0376. The molecule has 0 spiro atoms. The molecule has 2 rings (SSSR count). The number of anilines is 1. The second-order valence-electron chi connectivity index (χ2n) is 5.98. The number of thiocarbonyl (C=S) groups is 1. The molecule has 1 aromatic rings. The van der Waals surface area contributed by atoms with Crippen LogP contribution >= 0.6 is 12.2 Å². The van der Waals surface area contributed by atoms with Crippen LogP contribution < -0.4 is 10.6 Å². The molecule has 4 nitrogen and oxygen atoms in total. The molecule has 0 unspecified atom stereocenters. The Bertz CT molecular complexity index is 612. The zero-order chi connectivity index (χ0) is 20.1. The molecular formula is C16H19F6N3OS. The van der Waals surface area contributed by atoms with E-state index >= 15 is 0 Å². The molecule has 0 amide bonds. The molecule has 0 saturated carbocycles. The van der Waals surface area contributed by atoms with Crippen molar-refractivity contribution in [2.45, 2.75) is 18.8 Å². The number of morpholine rings is 1. The maximum Gasteiger partial charge on any atom is 0.416 e. The number of nitrogens with zero attached hydrogens (tertiary/aromatic N) is 1. The third-order valence-electron chi connectivity index (χ3n) is 3.89. The molecule has 0 aliphatic carbocycles. The lowest BCUT2D eigenvalue weighted by atomic mass is 10.1. The van der Waals surface area contributed by atoms with E-state index in [-0.39, 0.29) is 16.9 Å². The number of halogens is 6. The van der Waals surface area contributed by atoms with E-state index in [4.69, 9.17) is 17.0 Å². The minimum atomic E-state index is -4.90. The number of nitrogens with one attached hydrogen (secondary N) is 2. The predicted octanol–water partition coefficient (Wildman–Crippen LogP) is 3.73. The first-order valence-electron chi connectivity index (χ1n) is 8.20. The highest BCUT2D eigenvalue weighted by Gasteiger charge is 2.37. The third kappa shape index (κ3) is 7.15. The zero-order valence-corrected chi connectivity index (χ0v) is 15.0. The summed E-state index contributed by atoms with van der Waals surface area (Å²) in [4.78, 5) is 2.20. The van der Waals surface area contributed by atoms with Gasteiger partial charge >= 0.3 is 12.4 Å². The lowest BCUT2D eigenvalue weighted by molar-refractivity contribution is -0.143. The summed E-state index contributed by atoms with van der Waals surface area (Å²) in [5.74, 6) is 0. The lowest BCUT2D eigenvalue weighted by Gasteiger charge is -2.26. The highest BCUT2D eigenvalue weighted by atomic mass is 32.1. The molecule has 1 heterocycles. The molecule has 1 aliphatic heterocycles. The van der Waals surface area contributed by atoms with Gasteiger partial charge in [0.05, 0.1) is 24.3 Å². The van der Waals surface area contributed by atoms with Crippen LogP contribution in [0.25, 0.3) is 0 Å². The summed E-state index contributed by atoms with van der Waals surface area (Å²) >= 11 is 4.96. The number of ether oxygens (including phenoxy) is 1. The number of alkyl halides is 6. The second kappa shape index (κ2) is 9.07. The van der Waals surface area contributed by atoms with Crippen molar-refractivity contribution in [1.82, 2.24) is 10.2 Å². The van der Waals surface area contributed by atoms with E-state index in [0.29, 0.717) is 31.9 Å². The zero-order valence-electron chi connectivity index (χ0n) is 14.2. The van der Waals surface area contributed by atoms with E-state index in [9.17, 15) is 26.3 Å². The normalized spacial score (nSPS) is 16.2. The third-order valence-corrected chi connectivity index (χ3v) is 4.13. The maximum atomic E-state index is 12.8. The average Bonchev–Trinajstić information content (AvgIpc) is 2.58. The van der Waals surface area contributed by atoms with Gasteiger partial charge in [-0.25, -0.2) is 0 Å². The fourth-order valence-corrected chi connectivity index (χ4v) is 2.75. The van der Waals surface area contributed by atoms with Crippen LogP contribution in [-0.4, -0.2) is 49.4 Å². The van der Waals surface area contributed by atoms with Gasteiger partial charge in [0.25, 0.3) is 0 Å². The summed E-state index contributed by atoms with van der Waals surface area (Å²) in [6.07, 6.45) is -9.08. The number of benzene rings is 1. The van der Waals surface area contributed by atoms with Crippen LogP contribution in [0.1, 0.15) is 17.5 Å². The molecule has 1 saturated heterocycles. The summed E-state index contributed by atoms with van der Waals surface area (Å²) in [6, 6.07) is 1.26. The molecule has 1 aromatic carbocycles. The van der Waals surface area contributed by atoms with E-state index in [1.165, 1.54) is 0 Å². The van der Waals surface area contributed by atoms with Crippen molar-refractivity contribution in [3.63, 3.8) is 0 Å². The lowest BCUT2D eigenvalue weighted by Crippen LogP contribution is -2.38. The molecule has 1 fully saturated rings. The van der Waals surface area contributed by atoms with Crippen LogP contribution in [0.4, 0.5) is 32.0 Å². The Hall–Kier alpha value is -1.59. The van der Waals surface area contributed by atoms with E-state index < -0.39 is 23.5 Å². The van der Waals surface area contributed by atoms with Gasteiger partial charge in [0.1, 0.15) is 0 Å². The molecule has 1 aliphatic rings. The van der Waals surface area contributed by atoms with Crippen molar-refractivity contribution in [3.8, 4) is 0 Å². The first-order chi connectivity index (χ1) is 12.6. The van der Waals surface area contributed by atoms with Gasteiger partial charge in [-0.2, -0.15) is 26.3 Å². The molecular weight excluding hydrogens is 396 g/mol. The van der Waals surface area contributed by atoms with E-state index in [1.54, 1.807) is 0 Å². The molecule has 11 heteroatoms. The first kappa shape index (κ1) is 21.7. The summed E-state index contributed by atoms with van der Waals surface area (Å²) < 4.78 is 82.3. The number of hydrogen-bond donors (Lipinski definition) is 2. The summed E-state index contributed by atoms with van der Waals surface area (Å²) in [6.45, 7) is 4.23. The SMILES string of the molecule is FC(F)(F)c1cc(NC(=S)NCCCN2CCOCC2)cc(C(F)(F)F)c1. The van der Waals surface area contributed by atoms with Gasteiger partial charge in [0.15, 0.2) is 5.11 Å². The molecule has 0 bridgehead atoms. The van der Waals surface area contributed by atoms with Crippen LogP contribution in [0.3, 0.4) is 0 Å². The molecule has 2 N–H and O–H groups in total. The van der Waals surface area contributed by atoms with Gasteiger partial charge < -0.3 is 15.4 Å². The molecule has 0 aromatic heterocycles. The fourth-order valence-electron chi connectivity index (χ4n) is 2.53. The summed E-state index contributed by atoms with van der Waals surface area (Å²) in [5, 5.41) is 5.14. The van der Waals surface area contributed by atoms with Gasteiger partial charge in [-0.05, 0) is 43.4 Å². The summed E-state index contributed by atoms with van der Waals surface area (Å²) in [5.41, 5.74) is -3.16. The predicted molar refractivity (Wildman–Crippen MR) is 92.5 cm³/mol. The minimum Gasteiger partial charge on any atom is -0.379 e. The molecule has 27 heavy (non-hydrogen) atoms. The Balaban J connectivity index is 1.91. The fraction of sp³-hybridized carbons (Fsp3) is 0.562. The van der Waals surface area contributed by atoms with Crippen LogP contribution in [0, 0.1) is 0 Å². The topological polar surface area (TPSA) is 36.5 Å². The quantitative estimate of drug-likeness (QED) is 0.436. The van der Waals surface area contributed by atoms with Crippen molar-refractivity contribution in [1.29, 1.82) is 0 Å². The van der Waals surface area contributed by atoms with E-state index in [0.717, 1.165) is 26.1 Å². The smallest absolute Gasteiger partial charge is 0.379 e. The van der Waals surface area contributed by atoms with Crippen molar-refractivity contribution in [3.05, 3.63) is 29.3 Å². The maximum absolute atomic E-state index is 12.8. The largest absolute Gasteiger partial charge is 0.416 e. The summed E-state index contributed by atoms with van der Waals surface area (Å²) in [7, 11) is 0. The molecule has 0 atom stereocenters. The Labute approximate surface area is 157 Å². The van der Waals surface area contributed by atoms with Gasteiger partial charge in [0, 0.05) is 25.3 Å². The second-order valence-corrected chi connectivity index (χ2v) is 6.39. The van der Waals surface area contributed by atoms with Crippen molar-refractivity contribution in [2.24, 2.45) is 0 Å².